The van der Waals surface area contributed by atoms with Crippen LogP contribution in [0.5, 0.6) is 0 Å². The second-order valence-electron chi connectivity index (χ2n) is 5.33. The summed E-state index contributed by atoms with van der Waals surface area (Å²) in [5, 5.41) is 13.2. The van der Waals surface area contributed by atoms with E-state index < -0.39 is 17.7 Å². The van der Waals surface area contributed by atoms with Gasteiger partial charge in [-0.1, -0.05) is 6.07 Å². The first kappa shape index (κ1) is 15.4. The summed E-state index contributed by atoms with van der Waals surface area (Å²) in [6, 6.07) is 3.47. The largest absolute Gasteiger partial charge is 0.387 e. The quantitative estimate of drug-likeness (QED) is 0.873. The Morgan fingerprint density at radius 1 is 1.35 bits per heavy atom. The molecule has 0 radical (unpaired) electrons. The fourth-order valence-corrected chi connectivity index (χ4v) is 2.56. The van der Waals surface area contributed by atoms with Crippen molar-refractivity contribution in [1.29, 1.82) is 0 Å². The van der Waals surface area contributed by atoms with Crippen LogP contribution in [0.15, 0.2) is 18.2 Å². The topological polar surface area (TPSA) is 41.5 Å². The highest BCUT2D eigenvalue weighted by molar-refractivity contribution is 5.21. The Morgan fingerprint density at radius 2 is 2.05 bits per heavy atom. The van der Waals surface area contributed by atoms with Gasteiger partial charge in [-0.25, -0.2) is 8.78 Å². The number of nitrogens with one attached hydrogen (secondary N) is 1. The Bertz CT molecular complexity index is 436. The van der Waals surface area contributed by atoms with E-state index in [-0.39, 0.29) is 18.2 Å². The van der Waals surface area contributed by atoms with E-state index in [1.54, 1.807) is 0 Å². The monoisotopic (exact) mass is 285 g/mol. The molecule has 2 rings (SSSR count). The average Bonchev–Trinajstić information content (AvgIpc) is 2.45. The number of aliphatic hydroxyl groups excluding tert-OH is 1. The van der Waals surface area contributed by atoms with Gasteiger partial charge in [-0.15, -0.1) is 0 Å². The second-order valence-corrected chi connectivity index (χ2v) is 5.33. The summed E-state index contributed by atoms with van der Waals surface area (Å²) >= 11 is 0. The molecule has 1 aliphatic heterocycles. The standard InChI is InChI=1S/C15H21F2NO2/c1-10(11-4-6-20-7-5-11)18-9-15(19)13-3-2-12(16)8-14(13)17/h2-3,8,10-11,15,18-19H,4-7,9H2,1H3. The van der Waals surface area contributed by atoms with Gasteiger partial charge in [0.1, 0.15) is 11.6 Å². The number of benzene rings is 1. The Morgan fingerprint density at radius 3 is 2.70 bits per heavy atom. The molecular weight excluding hydrogens is 264 g/mol. The van der Waals surface area contributed by atoms with E-state index in [4.69, 9.17) is 4.74 Å². The first-order valence-corrected chi connectivity index (χ1v) is 7.02. The van der Waals surface area contributed by atoms with Gasteiger partial charge in [0.05, 0.1) is 6.10 Å². The zero-order chi connectivity index (χ0) is 14.5. The molecule has 2 unspecified atom stereocenters. The van der Waals surface area contributed by atoms with Crippen LogP contribution in [0.1, 0.15) is 31.4 Å². The van der Waals surface area contributed by atoms with E-state index in [1.807, 2.05) is 0 Å². The number of rotatable bonds is 5. The fourth-order valence-electron chi connectivity index (χ4n) is 2.56. The molecule has 0 spiro atoms. The van der Waals surface area contributed by atoms with Crippen LogP contribution in [0.3, 0.4) is 0 Å². The van der Waals surface area contributed by atoms with Gasteiger partial charge < -0.3 is 15.2 Å². The minimum atomic E-state index is -0.974. The minimum Gasteiger partial charge on any atom is -0.387 e. The van der Waals surface area contributed by atoms with Crippen molar-refractivity contribution in [3.8, 4) is 0 Å². The summed E-state index contributed by atoms with van der Waals surface area (Å²) in [5.74, 6) is -0.839. The molecule has 20 heavy (non-hydrogen) atoms. The molecule has 5 heteroatoms. The van der Waals surface area contributed by atoms with E-state index in [9.17, 15) is 13.9 Å². The highest BCUT2D eigenvalue weighted by Crippen LogP contribution is 2.21. The fraction of sp³-hybridized carbons (Fsp3) is 0.600. The predicted molar refractivity (Wildman–Crippen MR) is 72.3 cm³/mol. The summed E-state index contributed by atoms with van der Waals surface area (Å²) in [6.45, 7) is 3.85. The zero-order valence-corrected chi connectivity index (χ0v) is 11.6. The molecule has 0 aromatic heterocycles. The van der Waals surface area contributed by atoms with E-state index in [1.165, 1.54) is 6.07 Å². The maximum absolute atomic E-state index is 13.5. The Labute approximate surface area is 117 Å². The Hall–Kier alpha value is -1.04. The van der Waals surface area contributed by atoms with Crippen LogP contribution < -0.4 is 5.32 Å². The van der Waals surface area contributed by atoms with E-state index >= 15 is 0 Å². The molecule has 0 saturated carbocycles. The first-order valence-electron chi connectivity index (χ1n) is 7.02. The van der Waals surface area contributed by atoms with Gasteiger partial charge in [-0.3, -0.25) is 0 Å². The van der Waals surface area contributed by atoms with Crippen molar-refractivity contribution in [2.45, 2.75) is 31.9 Å². The number of ether oxygens (including phenoxy) is 1. The predicted octanol–water partition coefficient (Wildman–Crippen LogP) is 2.40. The Balaban J connectivity index is 1.86. The van der Waals surface area contributed by atoms with Gasteiger partial charge in [0.25, 0.3) is 0 Å². The van der Waals surface area contributed by atoms with Crippen molar-refractivity contribution < 1.29 is 18.6 Å². The molecular formula is C15H21F2NO2. The Kier molecular flexibility index (Phi) is 5.46. The summed E-state index contributed by atoms with van der Waals surface area (Å²) in [7, 11) is 0. The molecule has 1 fully saturated rings. The normalized spacial score (nSPS) is 19.8. The molecule has 1 saturated heterocycles. The lowest BCUT2D eigenvalue weighted by Gasteiger charge is -2.29. The molecule has 2 atom stereocenters. The van der Waals surface area contributed by atoms with Crippen LogP contribution in [0, 0.1) is 17.6 Å². The van der Waals surface area contributed by atoms with E-state index in [0.29, 0.717) is 5.92 Å². The number of hydrogen-bond acceptors (Lipinski definition) is 3. The molecule has 1 aromatic rings. The molecule has 1 aromatic carbocycles. The molecule has 2 N–H and O–H groups in total. The molecule has 0 bridgehead atoms. The van der Waals surface area contributed by atoms with Gasteiger partial charge in [0.15, 0.2) is 0 Å². The van der Waals surface area contributed by atoms with Crippen molar-refractivity contribution >= 4 is 0 Å². The minimum absolute atomic E-state index is 0.123. The van der Waals surface area contributed by atoms with Crippen LogP contribution in [0.2, 0.25) is 0 Å². The number of hydrogen-bond donors (Lipinski definition) is 2. The van der Waals surface area contributed by atoms with Crippen LogP contribution in [-0.4, -0.2) is 30.9 Å². The van der Waals surface area contributed by atoms with Crippen LogP contribution in [0.25, 0.3) is 0 Å². The maximum atomic E-state index is 13.5. The van der Waals surface area contributed by atoms with E-state index in [2.05, 4.69) is 12.2 Å². The average molecular weight is 285 g/mol. The molecule has 0 aliphatic carbocycles. The van der Waals surface area contributed by atoms with Crippen molar-refractivity contribution in [3.05, 3.63) is 35.4 Å². The highest BCUT2D eigenvalue weighted by atomic mass is 19.1. The summed E-state index contributed by atoms with van der Waals surface area (Å²) in [6.07, 6.45) is 1.02. The summed E-state index contributed by atoms with van der Waals surface area (Å²) in [4.78, 5) is 0. The molecule has 0 amide bonds. The second kappa shape index (κ2) is 7.11. The highest BCUT2D eigenvalue weighted by Gasteiger charge is 2.21. The van der Waals surface area contributed by atoms with Crippen molar-refractivity contribution in [1.82, 2.24) is 5.32 Å². The molecule has 3 nitrogen and oxygen atoms in total. The maximum Gasteiger partial charge on any atom is 0.131 e. The SMILES string of the molecule is CC(NCC(O)c1ccc(F)cc1F)C1CCOCC1. The summed E-state index contributed by atoms with van der Waals surface area (Å²) < 4.78 is 31.7. The van der Waals surface area contributed by atoms with Crippen molar-refractivity contribution in [3.63, 3.8) is 0 Å². The smallest absolute Gasteiger partial charge is 0.131 e. The van der Waals surface area contributed by atoms with Crippen LogP contribution >= 0.6 is 0 Å². The zero-order valence-electron chi connectivity index (χ0n) is 11.6. The number of aliphatic hydroxyl groups is 1. The van der Waals surface area contributed by atoms with Gasteiger partial charge >= 0.3 is 0 Å². The first-order chi connectivity index (χ1) is 9.58. The molecule has 1 aliphatic rings. The lowest BCUT2D eigenvalue weighted by atomic mass is 9.93. The third kappa shape index (κ3) is 3.98. The van der Waals surface area contributed by atoms with E-state index in [0.717, 1.165) is 38.2 Å². The van der Waals surface area contributed by atoms with Crippen LogP contribution in [0.4, 0.5) is 8.78 Å². The van der Waals surface area contributed by atoms with Crippen molar-refractivity contribution in [2.75, 3.05) is 19.8 Å². The number of halogens is 2. The third-order valence-corrected chi connectivity index (χ3v) is 3.93. The van der Waals surface area contributed by atoms with Gasteiger partial charge in [-0.05, 0) is 31.7 Å². The van der Waals surface area contributed by atoms with Gasteiger partial charge in [0.2, 0.25) is 0 Å². The lowest BCUT2D eigenvalue weighted by molar-refractivity contribution is 0.0536. The molecule has 112 valence electrons. The van der Waals surface area contributed by atoms with Gasteiger partial charge in [0, 0.05) is 37.4 Å². The van der Waals surface area contributed by atoms with Crippen molar-refractivity contribution in [2.24, 2.45) is 5.92 Å². The van der Waals surface area contributed by atoms with Crippen LogP contribution in [-0.2, 0) is 4.74 Å². The van der Waals surface area contributed by atoms with Gasteiger partial charge in [-0.2, -0.15) is 0 Å². The summed E-state index contributed by atoms with van der Waals surface area (Å²) in [5.41, 5.74) is 0.123. The lowest BCUT2D eigenvalue weighted by Crippen LogP contribution is -2.38. The third-order valence-electron chi connectivity index (χ3n) is 3.93. The molecule has 1 heterocycles.